The highest BCUT2D eigenvalue weighted by Crippen LogP contribution is 2.34. The smallest absolute Gasteiger partial charge is 0.0349 e. The fraction of sp³-hybridized carbons (Fsp3) is 0.273. The molecule has 0 unspecified atom stereocenters. The van der Waals surface area contributed by atoms with Gasteiger partial charge in [-0.15, -0.1) is 24.0 Å². The van der Waals surface area contributed by atoms with Crippen LogP contribution in [-0.4, -0.2) is 0 Å². The van der Waals surface area contributed by atoms with Crippen LogP contribution in [0.1, 0.15) is 17.4 Å². The monoisotopic (exact) mass is 286 g/mol. The number of thiophene rings is 1. The number of rotatable bonds is 2. The zero-order chi connectivity index (χ0) is 10.1. The second-order valence-corrected chi connectivity index (χ2v) is 5.39. The van der Waals surface area contributed by atoms with E-state index in [1.165, 1.54) is 20.5 Å². The van der Waals surface area contributed by atoms with Crippen LogP contribution in [0.2, 0.25) is 0 Å². The fourth-order valence-corrected chi connectivity index (χ4v) is 3.79. The summed E-state index contributed by atoms with van der Waals surface area (Å²) in [6.07, 6.45) is 1.11. The lowest BCUT2D eigenvalue weighted by molar-refractivity contribution is 1.16. The Balaban J connectivity index is 2.74. The standard InChI is InChI=1S/C11H11BrS2/c1-2-10-9(6-12)8-5-7(13)3-4-11(8)14-10/h3-5,13H,2,6H2,1H3. The molecule has 0 radical (unpaired) electrons. The summed E-state index contributed by atoms with van der Waals surface area (Å²) in [5.74, 6) is 0. The largest absolute Gasteiger partial charge is 0.143 e. The lowest BCUT2D eigenvalue weighted by atomic mass is 10.1. The van der Waals surface area contributed by atoms with Crippen molar-refractivity contribution in [1.82, 2.24) is 0 Å². The van der Waals surface area contributed by atoms with Crippen LogP contribution in [0.4, 0.5) is 0 Å². The predicted molar refractivity (Wildman–Crippen MR) is 71.1 cm³/mol. The maximum Gasteiger partial charge on any atom is 0.0349 e. The Bertz CT molecular complexity index is 460. The number of hydrogen-bond donors (Lipinski definition) is 1. The number of alkyl halides is 1. The summed E-state index contributed by atoms with van der Waals surface area (Å²) >= 11 is 9.82. The summed E-state index contributed by atoms with van der Waals surface area (Å²) in [6, 6.07) is 6.37. The molecule has 0 bridgehead atoms. The summed E-state index contributed by atoms with van der Waals surface area (Å²) in [4.78, 5) is 2.52. The van der Waals surface area contributed by atoms with Crippen molar-refractivity contribution in [2.24, 2.45) is 0 Å². The van der Waals surface area contributed by atoms with Crippen LogP contribution in [0, 0.1) is 0 Å². The fourth-order valence-electron chi connectivity index (χ4n) is 1.62. The molecule has 0 aliphatic rings. The summed E-state index contributed by atoms with van der Waals surface area (Å²) in [6.45, 7) is 2.21. The van der Waals surface area contributed by atoms with Gasteiger partial charge in [0.05, 0.1) is 0 Å². The second kappa shape index (κ2) is 4.25. The first-order chi connectivity index (χ1) is 6.76. The van der Waals surface area contributed by atoms with Gasteiger partial charge in [0.25, 0.3) is 0 Å². The van der Waals surface area contributed by atoms with E-state index in [2.05, 4.69) is 53.7 Å². The van der Waals surface area contributed by atoms with Crippen molar-refractivity contribution in [3.05, 3.63) is 28.6 Å². The predicted octanol–water partition coefficient (Wildman–Crippen LogP) is 4.65. The lowest BCUT2D eigenvalue weighted by Gasteiger charge is -1.97. The van der Waals surface area contributed by atoms with E-state index in [4.69, 9.17) is 0 Å². The van der Waals surface area contributed by atoms with Gasteiger partial charge in [-0.3, -0.25) is 0 Å². The first-order valence-corrected chi connectivity index (χ1v) is 6.94. The van der Waals surface area contributed by atoms with Crippen LogP contribution in [0.25, 0.3) is 10.1 Å². The number of thiol groups is 1. The maximum atomic E-state index is 4.37. The summed E-state index contributed by atoms with van der Waals surface area (Å²) < 4.78 is 1.37. The minimum atomic E-state index is 0.938. The van der Waals surface area contributed by atoms with Gasteiger partial charge in [-0.1, -0.05) is 22.9 Å². The third-order valence-electron chi connectivity index (χ3n) is 2.31. The van der Waals surface area contributed by atoms with Crippen LogP contribution < -0.4 is 0 Å². The molecular formula is C11H11BrS2. The molecule has 0 aliphatic carbocycles. The van der Waals surface area contributed by atoms with Gasteiger partial charge in [0.1, 0.15) is 0 Å². The Hall–Kier alpha value is 0.01000. The molecule has 0 atom stereocenters. The molecule has 0 nitrogen and oxygen atoms in total. The van der Waals surface area contributed by atoms with E-state index in [9.17, 15) is 0 Å². The molecule has 0 saturated carbocycles. The molecule has 2 aromatic rings. The number of fused-ring (bicyclic) bond motifs is 1. The van der Waals surface area contributed by atoms with E-state index in [1.54, 1.807) is 0 Å². The summed E-state index contributed by atoms with van der Waals surface area (Å²) in [7, 11) is 0. The molecule has 0 amide bonds. The van der Waals surface area contributed by atoms with Gasteiger partial charge in [0, 0.05) is 19.8 Å². The van der Waals surface area contributed by atoms with Crippen molar-refractivity contribution >= 4 is 50.0 Å². The number of benzene rings is 1. The van der Waals surface area contributed by atoms with E-state index in [0.29, 0.717) is 0 Å². The Kier molecular flexibility index (Phi) is 3.20. The van der Waals surface area contributed by atoms with Crippen LogP contribution >= 0.6 is 39.9 Å². The minimum Gasteiger partial charge on any atom is -0.143 e. The first-order valence-electron chi connectivity index (χ1n) is 4.55. The minimum absolute atomic E-state index is 0.938. The molecule has 0 saturated heterocycles. The SMILES string of the molecule is CCc1sc2ccc(S)cc2c1CBr. The average molecular weight is 287 g/mol. The Morgan fingerprint density at radius 2 is 2.21 bits per heavy atom. The molecule has 0 spiro atoms. The quantitative estimate of drug-likeness (QED) is 0.603. The van der Waals surface area contributed by atoms with Gasteiger partial charge in [-0.25, -0.2) is 0 Å². The molecule has 1 aromatic heterocycles. The third-order valence-corrected chi connectivity index (χ3v) is 4.51. The normalized spacial score (nSPS) is 11.1. The van der Waals surface area contributed by atoms with Crippen molar-refractivity contribution in [3.8, 4) is 0 Å². The maximum absolute atomic E-state index is 4.37. The Morgan fingerprint density at radius 3 is 2.86 bits per heavy atom. The number of hydrogen-bond acceptors (Lipinski definition) is 2. The first kappa shape index (κ1) is 10.5. The Labute approximate surface area is 102 Å². The molecule has 1 aromatic carbocycles. The molecule has 74 valence electrons. The van der Waals surface area contributed by atoms with Gasteiger partial charge in [-0.05, 0) is 35.6 Å². The van der Waals surface area contributed by atoms with E-state index in [0.717, 1.165) is 16.6 Å². The summed E-state index contributed by atoms with van der Waals surface area (Å²) in [5, 5.41) is 2.30. The Morgan fingerprint density at radius 1 is 1.43 bits per heavy atom. The number of aryl methyl sites for hydroxylation is 1. The van der Waals surface area contributed by atoms with Crippen LogP contribution in [0.15, 0.2) is 23.1 Å². The topological polar surface area (TPSA) is 0 Å². The van der Waals surface area contributed by atoms with E-state index in [-0.39, 0.29) is 0 Å². The third kappa shape index (κ3) is 1.73. The lowest BCUT2D eigenvalue weighted by Crippen LogP contribution is -1.81. The van der Waals surface area contributed by atoms with Crippen molar-refractivity contribution in [1.29, 1.82) is 0 Å². The zero-order valence-corrected chi connectivity index (χ0v) is 11.2. The van der Waals surface area contributed by atoms with Gasteiger partial charge < -0.3 is 0 Å². The average Bonchev–Trinajstić information content (AvgIpc) is 2.54. The molecule has 3 heteroatoms. The van der Waals surface area contributed by atoms with Crippen molar-refractivity contribution in [3.63, 3.8) is 0 Å². The second-order valence-electron chi connectivity index (χ2n) is 3.17. The van der Waals surface area contributed by atoms with Gasteiger partial charge in [0.15, 0.2) is 0 Å². The van der Waals surface area contributed by atoms with Gasteiger partial charge in [0.2, 0.25) is 0 Å². The highest BCUT2D eigenvalue weighted by molar-refractivity contribution is 9.08. The molecule has 1 heterocycles. The van der Waals surface area contributed by atoms with E-state index >= 15 is 0 Å². The van der Waals surface area contributed by atoms with Crippen molar-refractivity contribution < 1.29 is 0 Å². The van der Waals surface area contributed by atoms with Crippen molar-refractivity contribution in [2.75, 3.05) is 0 Å². The molecule has 2 rings (SSSR count). The van der Waals surface area contributed by atoms with Crippen molar-refractivity contribution in [2.45, 2.75) is 23.6 Å². The molecule has 0 aliphatic heterocycles. The molecule has 0 fully saturated rings. The summed E-state index contributed by atoms with van der Waals surface area (Å²) in [5.41, 5.74) is 1.43. The molecular weight excluding hydrogens is 276 g/mol. The number of halogens is 1. The van der Waals surface area contributed by atoms with Gasteiger partial charge in [-0.2, -0.15) is 0 Å². The van der Waals surface area contributed by atoms with Crippen LogP contribution in [-0.2, 0) is 11.8 Å². The van der Waals surface area contributed by atoms with Crippen LogP contribution in [0.5, 0.6) is 0 Å². The highest BCUT2D eigenvalue weighted by atomic mass is 79.9. The molecule has 0 N–H and O–H groups in total. The van der Waals surface area contributed by atoms with Crippen LogP contribution in [0.3, 0.4) is 0 Å². The highest BCUT2D eigenvalue weighted by Gasteiger charge is 2.09. The van der Waals surface area contributed by atoms with Gasteiger partial charge >= 0.3 is 0 Å². The van der Waals surface area contributed by atoms with E-state index < -0.39 is 0 Å². The van der Waals surface area contributed by atoms with E-state index in [1.807, 2.05) is 11.3 Å². The zero-order valence-electron chi connectivity index (χ0n) is 7.88. The molecule has 14 heavy (non-hydrogen) atoms.